The van der Waals surface area contributed by atoms with E-state index in [1.807, 2.05) is 41.0 Å². The Morgan fingerprint density at radius 1 is 1.03 bits per heavy atom. The number of pyridine rings is 1. The molecule has 0 aliphatic heterocycles. The number of anilines is 1. The summed E-state index contributed by atoms with van der Waals surface area (Å²) in [5.41, 5.74) is 4.89. The van der Waals surface area contributed by atoms with Crippen LogP contribution in [0.25, 0.3) is 17.1 Å². The lowest BCUT2D eigenvalue weighted by Gasteiger charge is -2.12. The number of aryl methyl sites for hydroxylation is 2. The average molecular weight is 498 g/mol. The van der Waals surface area contributed by atoms with E-state index < -0.39 is 0 Å². The number of hydrogen-bond acceptors (Lipinski definition) is 5. The molecule has 0 saturated heterocycles. The van der Waals surface area contributed by atoms with Gasteiger partial charge in [-0.25, -0.2) is 4.98 Å². The molecule has 1 N–H and O–H groups in total. The summed E-state index contributed by atoms with van der Waals surface area (Å²) in [6.07, 6.45) is 1.47. The molecule has 0 bridgehead atoms. The van der Waals surface area contributed by atoms with Gasteiger partial charge in [0.2, 0.25) is 5.91 Å². The second kappa shape index (κ2) is 9.95. The molecule has 2 aromatic heterocycles. The quantitative estimate of drug-likeness (QED) is 0.316. The summed E-state index contributed by atoms with van der Waals surface area (Å²) in [6, 6.07) is 16.0. The number of aromatic nitrogens is 4. The molecule has 0 saturated carbocycles. The summed E-state index contributed by atoms with van der Waals surface area (Å²) >= 11 is 13.6. The molecule has 168 valence electrons. The Bertz CT molecular complexity index is 1320. The van der Waals surface area contributed by atoms with Crippen molar-refractivity contribution in [2.75, 3.05) is 11.1 Å². The van der Waals surface area contributed by atoms with E-state index in [0.29, 0.717) is 26.6 Å². The van der Waals surface area contributed by atoms with Gasteiger partial charge in [-0.2, -0.15) is 0 Å². The van der Waals surface area contributed by atoms with Crippen LogP contribution in [0.15, 0.2) is 59.9 Å². The van der Waals surface area contributed by atoms with Gasteiger partial charge in [0.25, 0.3) is 0 Å². The third-order valence-electron chi connectivity index (χ3n) is 5.21. The number of nitrogens with zero attached hydrogens (tertiary/aromatic N) is 4. The minimum absolute atomic E-state index is 0.109. The lowest BCUT2D eigenvalue weighted by Crippen LogP contribution is -2.16. The van der Waals surface area contributed by atoms with Gasteiger partial charge in [0.1, 0.15) is 0 Å². The van der Waals surface area contributed by atoms with E-state index in [1.165, 1.54) is 23.5 Å². The number of carbonyl (C=O) groups is 1. The summed E-state index contributed by atoms with van der Waals surface area (Å²) in [7, 11) is 0. The predicted molar refractivity (Wildman–Crippen MR) is 135 cm³/mol. The van der Waals surface area contributed by atoms with Crippen molar-refractivity contribution >= 4 is 46.7 Å². The first-order valence-electron chi connectivity index (χ1n) is 10.2. The van der Waals surface area contributed by atoms with Crippen LogP contribution in [0.5, 0.6) is 0 Å². The zero-order valence-corrected chi connectivity index (χ0v) is 20.6. The van der Waals surface area contributed by atoms with Crippen LogP contribution in [0.1, 0.15) is 16.7 Å². The van der Waals surface area contributed by atoms with Gasteiger partial charge >= 0.3 is 0 Å². The molecule has 1 amide bonds. The Hall–Kier alpha value is -2.87. The largest absolute Gasteiger partial charge is 0.309 e. The van der Waals surface area contributed by atoms with Crippen LogP contribution in [0.2, 0.25) is 10.0 Å². The van der Waals surface area contributed by atoms with Crippen LogP contribution in [0, 0.1) is 20.8 Å². The molecule has 0 aliphatic rings. The van der Waals surface area contributed by atoms with Crippen LogP contribution in [0.3, 0.4) is 0 Å². The molecule has 0 fully saturated rings. The molecule has 6 nitrogen and oxygen atoms in total. The normalized spacial score (nSPS) is 10.9. The van der Waals surface area contributed by atoms with Crippen molar-refractivity contribution in [3.63, 3.8) is 0 Å². The smallest absolute Gasteiger partial charge is 0.236 e. The highest BCUT2D eigenvalue weighted by molar-refractivity contribution is 7.99. The fourth-order valence-corrected chi connectivity index (χ4v) is 4.32. The second-order valence-corrected chi connectivity index (χ2v) is 9.23. The average Bonchev–Trinajstić information content (AvgIpc) is 3.24. The number of rotatable bonds is 6. The van der Waals surface area contributed by atoms with E-state index in [-0.39, 0.29) is 17.5 Å². The molecule has 4 rings (SSSR count). The number of nitrogens with one attached hydrogen (secondary N) is 1. The van der Waals surface area contributed by atoms with Crippen molar-refractivity contribution in [2.24, 2.45) is 0 Å². The summed E-state index contributed by atoms with van der Waals surface area (Å²) < 4.78 is 1.97. The van der Waals surface area contributed by atoms with Gasteiger partial charge in [0, 0.05) is 11.8 Å². The molecular weight excluding hydrogens is 477 g/mol. The van der Waals surface area contributed by atoms with Gasteiger partial charge in [-0.15, -0.1) is 10.2 Å². The molecule has 0 atom stereocenters. The summed E-state index contributed by atoms with van der Waals surface area (Å²) in [6.45, 7) is 5.91. The Labute approximate surface area is 206 Å². The van der Waals surface area contributed by atoms with Crippen LogP contribution < -0.4 is 5.32 Å². The molecule has 0 radical (unpaired) electrons. The highest BCUT2D eigenvalue weighted by Gasteiger charge is 2.18. The van der Waals surface area contributed by atoms with Crippen molar-refractivity contribution in [3.05, 3.63) is 81.5 Å². The Morgan fingerprint density at radius 2 is 1.79 bits per heavy atom. The number of amides is 1. The zero-order chi connectivity index (χ0) is 23.5. The second-order valence-electron chi connectivity index (χ2n) is 7.51. The van der Waals surface area contributed by atoms with E-state index >= 15 is 0 Å². The predicted octanol–water partition coefficient (Wildman–Crippen LogP) is 6.29. The van der Waals surface area contributed by atoms with Crippen LogP contribution in [-0.2, 0) is 4.79 Å². The van der Waals surface area contributed by atoms with Crippen molar-refractivity contribution in [2.45, 2.75) is 25.9 Å². The molecule has 0 spiro atoms. The van der Waals surface area contributed by atoms with E-state index in [0.717, 1.165) is 16.8 Å². The maximum atomic E-state index is 12.6. The molecule has 0 unspecified atom stereocenters. The number of benzene rings is 2. The Kier molecular flexibility index (Phi) is 7.02. The maximum Gasteiger partial charge on any atom is 0.236 e. The van der Waals surface area contributed by atoms with Gasteiger partial charge in [0.05, 0.1) is 21.5 Å². The van der Waals surface area contributed by atoms with Crippen molar-refractivity contribution in [1.82, 2.24) is 19.7 Å². The monoisotopic (exact) mass is 497 g/mol. The van der Waals surface area contributed by atoms with Crippen molar-refractivity contribution in [1.29, 1.82) is 0 Å². The third kappa shape index (κ3) is 5.05. The maximum absolute atomic E-state index is 12.6. The van der Waals surface area contributed by atoms with Crippen LogP contribution in [0.4, 0.5) is 5.82 Å². The fourth-order valence-electron chi connectivity index (χ4n) is 3.18. The standard InChI is InChI=1S/C24H21Cl2N5OS/c1-14-9-10-18(11-15(14)2)31-23(17-7-5-4-6-8-17)29-30-24(31)33-13-20(32)28-22-21(26)16(3)19(25)12-27-22/h4-12H,13H2,1-3H3,(H,27,28,32). The van der Waals surface area contributed by atoms with Crippen LogP contribution in [-0.4, -0.2) is 31.4 Å². The van der Waals surface area contributed by atoms with Gasteiger partial charge in [-0.3, -0.25) is 9.36 Å². The first-order chi connectivity index (χ1) is 15.8. The molecule has 2 aromatic carbocycles. The van der Waals surface area contributed by atoms with Crippen molar-refractivity contribution < 1.29 is 4.79 Å². The summed E-state index contributed by atoms with van der Waals surface area (Å²) in [5.74, 6) is 0.842. The lowest BCUT2D eigenvalue weighted by molar-refractivity contribution is -0.113. The molecule has 2 heterocycles. The third-order valence-corrected chi connectivity index (χ3v) is 6.98. The number of carbonyl (C=O) groups excluding carboxylic acids is 1. The summed E-state index contributed by atoms with van der Waals surface area (Å²) in [5, 5.41) is 12.9. The van der Waals surface area contributed by atoms with Crippen LogP contribution >= 0.6 is 35.0 Å². The Balaban J connectivity index is 1.61. The minimum Gasteiger partial charge on any atom is -0.309 e. The highest BCUT2D eigenvalue weighted by Crippen LogP contribution is 2.30. The topological polar surface area (TPSA) is 72.7 Å². The van der Waals surface area contributed by atoms with E-state index in [4.69, 9.17) is 23.2 Å². The lowest BCUT2D eigenvalue weighted by atomic mass is 10.1. The first-order valence-corrected chi connectivity index (χ1v) is 11.9. The minimum atomic E-state index is -0.257. The zero-order valence-electron chi connectivity index (χ0n) is 18.3. The fraction of sp³-hybridized carbons (Fsp3) is 0.167. The van der Waals surface area contributed by atoms with E-state index in [2.05, 4.69) is 46.5 Å². The number of halogens is 2. The SMILES string of the molecule is Cc1ccc(-n2c(SCC(=O)Nc3ncc(Cl)c(C)c3Cl)nnc2-c2ccccc2)cc1C. The van der Waals surface area contributed by atoms with Crippen molar-refractivity contribution in [3.8, 4) is 17.1 Å². The van der Waals surface area contributed by atoms with Gasteiger partial charge in [-0.05, 0) is 49.6 Å². The molecule has 33 heavy (non-hydrogen) atoms. The van der Waals surface area contributed by atoms with E-state index in [1.54, 1.807) is 6.92 Å². The van der Waals surface area contributed by atoms with Gasteiger partial charge in [-0.1, -0.05) is 71.4 Å². The number of hydrogen-bond donors (Lipinski definition) is 1. The van der Waals surface area contributed by atoms with E-state index in [9.17, 15) is 4.79 Å². The molecule has 9 heteroatoms. The molecule has 0 aliphatic carbocycles. The first kappa shape index (κ1) is 23.3. The summed E-state index contributed by atoms with van der Waals surface area (Å²) in [4.78, 5) is 16.8. The van der Waals surface area contributed by atoms with Gasteiger partial charge < -0.3 is 5.32 Å². The molecular formula is C24H21Cl2N5OS. The Morgan fingerprint density at radius 3 is 2.52 bits per heavy atom. The molecule has 4 aromatic rings. The van der Waals surface area contributed by atoms with Gasteiger partial charge in [0.15, 0.2) is 16.8 Å². The highest BCUT2D eigenvalue weighted by atomic mass is 35.5. The number of thioether (sulfide) groups is 1.